The predicted octanol–water partition coefficient (Wildman–Crippen LogP) is 4.67. The zero-order chi connectivity index (χ0) is 14.3. The van der Waals surface area contributed by atoms with E-state index in [9.17, 15) is 4.79 Å². The lowest BCUT2D eigenvalue weighted by Gasteiger charge is -2.08. The zero-order valence-electron chi connectivity index (χ0n) is 12.6. The monoisotopic (exact) mass is 269 g/mol. The van der Waals surface area contributed by atoms with Crippen LogP contribution in [-0.4, -0.2) is 10.4 Å². The fourth-order valence-corrected chi connectivity index (χ4v) is 3.37. The minimum Gasteiger partial charge on any atom is -0.350 e. The number of hydrogen-bond donors (Lipinski definition) is 0. The van der Waals surface area contributed by atoms with Crippen LogP contribution in [0.4, 0.5) is 0 Å². The highest BCUT2D eigenvalue weighted by Crippen LogP contribution is 2.32. The molecule has 1 saturated carbocycles. The second-order valence-corrected chi connectivity index (χ2v) is 6.43. The molecule has 2 nitrogen and oxygen atoms in total. The van der Waals surface area contributed by atoms with Gasteiger partial charge in [-0.2, -0.15) is 0 Å². The van der Waals surface area contributed by atoms with Crippen LogP contribution in [0, 0.1) is 5.92 Å². The highest BCUT2D eigenvalue weighted by atomic mass is 16.1. The second kappa shape index (κ2) is 5.08. The van der Waals surface area contributed by atoms with Gasteiger partial charge in [-0.15, -0.1) is 0 Å². The zero-order valence-corrected chi connectivity index (χ0v) is 12.6. The van der Waals surface area contributed by atoms with Crippen LogP contribution in [0.2, 0.25) is 0 Å². The normalized spacial score (nSPS) is 16.4. The fraction of sp³-hybridized carbons (Fsp3) is 0.500. The van der Waals surface area contributed by atoms with Gasteiger partial charge in [0.1, 0.15) is 0 Å². The van der Waals surface area contributed by atoms with E-state index in [-0.39, 0.29) is 5.92 Å². The summed E-state index contributed by atoms with van der Waals surface area (Å²) in [6, 6.07) is 6.54. The summed E-state index contributed by atoms with van der Waals surface area (Å²) in [5.74, 6) is 1.10. The summed E-state index contributed by atoms with van der Waals surface area (Å²) < 4.78 is 2.08. The van der Waals surface area contributed by atoms with Crippen LogP contribution in [-0.2, 0) is 7.05 Å². The largest absolute Gasteiger partial charge is 0.350 e. The number of nitrogens with zero attached hydrogens (tertiary/aromatic N) is 1. The Hall–Kier alpha value is -1.57. The van der Waals surface area contributed by atoms with Gasteiger partial charge in [-0.1, -0.05) is 32.8 Å². The van der Waals surface area contributed by atoms with Crippen LogP contribution in [0.1, 0.15) is 61.4 Å². The number of fused-ring (bicyclic) bond motifs is 1. The van der Waals surface area contributed by atoms with Crippen molar-refractivity contribution in [2.24, 2.45) is 13.0 Å². The number of hydrogen-bond acceptors (Lipinski definition) is 1. The molecule has 1 aliphatic rings. The van der Waals surface area contributed by atoms with Crippen molar-refractivity contribution in [3.63, 3.8) is 0 Å². The average Bonchev–Trinajstić information content (AvgIpc) is 3.06. The third kappa shape index (κ3) is 2.17. The minimum absolute atomic E-state index is 0.253. The van der Waals surface area contributed by atoms with Gasteiger partial charge in [-0.3, -0.25) is 4.79 Å². The number of aromatic nitrogens is 1. The van der Waals surface area contributed by atoms with Crippen molar-refractivity contribution in [3.05, 3.63) is 35.5 Å². The maximum absolute atomic E-state index is 12.7. The highest BCUT2D eigenvalue weighted by Gasteiger charge is 2.26. The third-order valence-corrected chi connectivity index (χ3v) is 4.67. The van der Waals surface area contributed by atoms with Gasteiger partial charge >= 0.3 is 0 Å². The van der Waals surface area contributed by atoms with Crippen LogP contribution < -0.4 is 0 Å². The van der Waals surface area contributed by atoms with Gasteiger partial charge in [0, 0.05) is 35.6 Å². The van der Waals surface area contributed by atoms with Crippen molar-refractivity contribution in [1.29, 1.82) is 0 Å². The van der Waals surface area contributed by atoms with E-state index in [0.29, 0.717) is 11.7 Å². The van der Waals surface area contributed by atoms with Crippen molar-refractivity contribution in [1.82, 2.24) is 4.57 Å². The summed E-state index contributed by atoms with van der Waals surface area (Å²) in [4.78, 5) is 12.7. The fourth-order valence-electron chi connectivity index (χ4n) is 3.37. The number of carbonyl (C=O) groups is 1. The molecule has 20 heavy (non-hydrogen) atoms. The first-order chi connectivity index (χ1) is 9.58. The number of aryl methyl sites for hydroxylation is 1. The second-order valence-electron chi connectivity index (χ2n) is 6.43. The molecule has 1 aliphatic carbocycles. The van der Waals surface area contributed by atoms with Gasteiger partial charge in [0.2, 0.25) is 0 Å². The Labute approximate surface area is 120 Å². The van der Waals surface area contributed by atoms with Gasteiger partial charge in [-0.25, -0.2) is 0 Å². The number of carbonyl (C=O) groups excluding carboxylic acids is 1. The van der Waals surface area contributed by atoms with Gasteiger partial charge in [-0.05, 0) is 36.5 Å². The Morgan fingerprint density at radius 1 is 1.25 bits per heavy atom. The number of benzene rings is 1. The van der Waals surface area contributed by atoms with E-state index in [0.717, 1.165) is 29.3 Å². The SMILES string of the molecule is CC(C)c1ccc2c(c1)c(C(=O)C1CCCC1)cn2C. The Bertz CT molecular complexity index is 645. The molecule has 1 fully saturated rings. The van der Waals surface area contributed by atoms with Crippen molar-refractivity contribution in [2.75, 3.05) is 0 Å². The average molecular weight is 269 g/mol. The molecule has 106 valence electrons. The van der Waals surface area contributed by atoms with Crippen LogP contribution in [0.15, 0.2) is 24.4 Å². The smallest absolute Gasteiger partial charge is 0.168 e. The van der Waals surface area contributed by atoms with Crippen molar-refractivity contribution >= 4 is 16.7 Å². The summed E-state index contributed by atoms with van der Waals surface area (Å²) in [6.45, 7) is 4.39. The quantitative estimate of drug-likeness (QED) is 0.742. The molecule has 0 N–H and O–H groups in total. The molecule has 0 aliphatic heterocycles. The number of Topliss-reactive ketones (excluding diaryl/α,β-unsaturated/α-hetero) is 1. The van der Waals surface area contributed by atoms with Gasteiger partial charge < -0.3 is 4.57 Å². The first-order valence-electron chi connectivity index (χ1n) is 7.71. The minimum atomic E-state index is 0.253. The molecule has 0 radical (unpaired) electrons. The molecule has 0 atom stereocenters. The summed E-state index contributed by atoms with van der Waals surface area (Å²) >= 11 is 0. The lowest BCUT2D eigenvalue weighted by Crippen LogP contribution is -2.10. The molecule has 1 heterocycles. The molecule has 0 saturated heterocycles. The standard InChI is InChI=1S/C18H23NO/c1-12(2)14-8-9-17-15(10-14)16(11-19(17)3)18(20)13-6-4-5-7-13/h8-13H,4-7H2,1-3H3. The van der Waals surface area contributed by atoms with Crippen molar-refractivity contribution < 1.29 is 4.79 Å². The molecule has 2 heteroatoms. The predicted molar refractivity (Wildman–Crippen MR) is 83.3 cm³/mol. The van der Waals surface area contributed by atoms with E-state index in [1.54, 1.807) is 0 Å². The Morgan fingerprint density at radius 2 is 1.95 bits per heavy atom. The molecule has 1 aromatic heterocycles. The number of ketones is 1. The van der Waals surface area contributed by atoms with Gasteiger partial charge in [0.25, 0.3) is 0 Å². The van der Waals surface area contributed by atoms with E-state index in [2.05, 4.69) is 36.6 Å². The summed E-state index contributed by atoms with van der Waals surface area (Å²) in [5, 5.41) is 1.13. The Balaban J connectivity index is 2.09. The molecule has 1 aromatic carbocycles. The molecule has 2 aromatic rings. The number of rotatable bonds is 3. The molecule has 0 amide bonds. The van der Waals surface area contributed by atoms with Gasteiger partial charge in [0.15, 0.2) is 5.78 Å². The van der Waals surface area contributed by atoms with Crippen LogP contribution in [0.5, 0.6) is 0 Å². The molecule has 0 unspecified atom stereocenters. The van der Waals surface area contributed by atoms with Gasteiger partial charge in [0.05, 0.1) is 0 Å². The lowest BCUT2D eigenvalue weighted by molar-refractivity contribution is 0.0924. The van der Waals surface area contributed by atoms with Crippen molar-refractivity contribution in [2.45, 2.75) is 45.4 Å². The van der Waals surface area contributed by atoms with Crippen LogP contribution in [0.25, 0.3) is 10.9 Å². The van der Waals surface area contributed by atoms with Crippen LogP contribution in [0.3, 0.4) is 0 Å². The third-order valence-electron chi connectivity index (χ3n) is 4.67. The Morgan fingerprint density at radius 3 is 2.60 bits per heavy atom. The van der Waals surface area contributed by atoms with E-state index in [1.165, 1.54) is 18.4 Å². The molecule has 0 spiro atoms. The molecular formula is C18H23NO. The molecule has 3 rings (SSSR count). The van der Waals surface area contributed by atoms with E-state index < -0.39 is 0 Å². The molecular weight excluding hydrogens is 246 g/mol. The molecule has 0 bridgehead atoms. The van der Waals surface area contributed by atoms with Crippen molar-refractivity contribution in [3.8, 4) is 0 Å². The summed E-state index contributed by atoms with van der Waals surface area (Å²) in [7, 11) is 2.03. The van der Waals surface area contributed by atoms with Crippen LogP contribution >= 0.6 is 0 Å². The Kier molecular flexibility index (Phi) is 3.41. The summed E-state index contributed by atoms with van der Waals surface area (Å²) in [6.07, 6.45) is 6.57. The topological polar surface area (TPSA) is 22.0 Å². The summed E-state index contributed by atoms with van der Waals surface area (Å²) in [5.41, 5.74) is 3.40. The highest BCUT2D eigenvalue weighted by molar-refractivity contribution is 6.09. The first-order valence-corrected chi connectivity index (χ1v) is 7.71. The van der Waals surface area contributed by atoms with E-state index in [1.807, 2.05) is 13.2 Å². The van der Waals surface area contributed by atoms with E-state index in [4.69, 9.17) is 0 Å². The lowest BCUT2D eigenvalue weighted by atomic mass is 9.94. The maximum atomic E-state index is 12.7. The van der Waals surface area contributed by atoms with E-state index >= 15 is 0 Å². The first kappa shape index (κ1) is 13.4. The maximum Gasteiger partial charge on any atom is 0.168 e.